The summed E-state index contributed by atoms with van der Waals surface area (Å²) in [7, 11) is 0. The van der Waals surface area contributed by atoms with Gasteiger partial charge in [0.15, 0.2) is 11.7 Å². The molecule has 1 N–H and O–H groups in total. The Morgan fingerprint density at radius 1 is 1.25 bits per heavy atom. The number of carbonyl (C=O) groups excluding carboxylic acids is 2. The summed E-state index contributed by atoms with van der Waals surface area (Å²) in [6, 6.07) is 13.2. The molecule has 1 atom stereocenters. The van der Waals surface area contributed by atoms with Crippen LogP contribution >= 0.6 is 0 Å². The molecule has 24 heavy (non-hydrogen) atoms. The van der Waals surface area contributed by atoms with E-state index >= 15 is 0 Å². The fourth-order valence-corrected chi connectivity index (χ4v) is 2.73. The van der Waals surface area contributed by atoms with Gasteiger partial charge < -0.3 is 9.88 Å². The molecule has 5 nitrogen and oxygen atoms in total. The number of nitrogens with zero attached hydrogens (tertiary/aromatic N) is 2. The first kappa shape index (κ1) is 17.5. The molecule has 0 fully saturated rings. The zero-order valence-electron chi connectivity index (χ0n) is 14.2. The Morgan fingerprint density at radius 3 is 2.50 bits per heavy atom. The minimum Gasteiger partial charge on any atom is -0.355 e. The van der Waals surface area contributed by atoms with Gasteiger partial charge in [0.05, 0.1) is 6.07 Å². The van der Waals surface area contributed by atoms with E-state index in [9.17, 15) is 14.9 Å². The molecule has 0 saturated carbocycles. The molecule has 124 valence electrons. The Hall–Kier alpha value is -2.87. The summed E-state index contributed by atoms with van der Waals surface area (Å²) in [4.78, 5) is 24.8. The first-order valence-corrected chi connectivity index (χ1v) is 7.97. The van der Waals surface area contributed by atoms with Crippen molar-refractivity contribution in [3.63, 3.8) is 0 Å². The monoisotopic (exact) mass is 323 g/mol. The predicted molar refractivity (Wildman–Crippen MR) is 92.0 cm³/mol. The van der Waals surface area contributed by atoms with Crippen molar-refractivity contribution < 1.29 is 9.59 Å². The van der Waals surface area contributed by atoms with E-state index in [1.54, 1.807) is 6.07 Å². The molecule has 1 unspecified atom stereocenters. The minimum atomic E-state index is -1.32. The molecule has 2 rings (SSSR count). The molecule has 1 aromatic carbocycles. The standard InChI is InChI=1S/C19H21N3O2/c1-4-10-21-19(24)17(12-20)18(23)16-11-13(2)22(14(16)3)15-8-6-5-7-9-15/h5-9,11,17H,4,10H2,1-3H3,(H,21,24). The number of aryl methyl sites for hydroxylation is 1. The average Bonchev–Trinajstić information content (AvgIpc) is 2.88. The minimum absolute atomic E-state index is 0.412. The molecule has 2 aromatic rings. The summed E-state index contributed by atoms with van der Waals surface area (Å²) in [5.74, 6) is -2.31. The second-order valence-corrected chi connectivity index (χ2v) is 5.67. The van der Waals surface area contributed by atoms with Crippen LogP contribution in [0.5, 0.6) is 0 Å². The molecule has 5 heteroatoms. The van der Waals surface area contributed by atoms with E-state index < -0.39 is 17.6 Å². The highest BCUT2D eigenvalue weighted by Crippen LogP contribution is 2.23. The van der Waals surface area contributed by atoms with E-state index in [2.05, 4.69) is 5.32 Å². The van der Waals surface area contributed by atoms with Crippen molar-refractivity contribution in [3.8, 4) is 11.8 Å². The van der Waals surface area contributed by atoms with Gasteiger partial charge in [-0.1, -0.05) is 25.1 Å². The quantitative estimate of drug-likeness (QED) is 0.656. The number of benzene rings is 1. The first-order valence-electron chi connectivity index (χ1n) is 7.97. The third-order valence-corrected chi connectivity index (χ3v) is 3.91. The Kier molecular flexibility index (Phi) is 5.54. The topological polar surface area (TPSA) is 74.9 Å². The lowest BCUT2D eigenvalue weighted by Gasteiger charge is -2.11. The zero-order valence-corrected chi connectivity index (χ0v) is 14.2. The lowest BCUT2D eigenvalue weighted by Crippen LogP contribution is -2.35. The number of aromatic nitrogens is 1. The summed E-state index contributed by atoms with van der Waals surface area (Å²) in [5, 5.41) is 11.9. The molecule has 0 radical (unpaired) electrons. The molecule has 0 aliphatic heterocycles. The van der Waals surface area contributed by atoms with Gasteiger partial charge in [0, 0.05) is 29.2 Å². The van der Waals surface area contributed by atoms with Gasteiger partial charge in [-0.3, -0.25) is 9.59 Å². The van der Waals surface area contributed by atoms with Crippen LogP contribution in [-0.4, -0.2) is 22.8 Å². The van der Waals surface area contributed by atoms with E-state index in [0.29, 0.717) is 12.1 Å². The van der Waals surface area contributed by atoms with Crippen molar-refractivity contribution in [2.75, 3.05) is 6.54 Å². The number of hydrogen-bond acceptors (Lipinski definition) is 3. The molecule has 1 amide bonds. The summed E-state index contributed by atoms with van der Waals surface area (Å²) >= 11 is 0. The number of para-hydroxylation sites is 1. The van der Waals surface area contributed by atoms with Gasteiger partial charge in [-0.15, -0.1) is 0 Å². The number of nitriles is 1. The molecule has 0 bridgehead atoms. The largest absolute Gasteiger partial charge is 0.355 e. The highest BCUT2D eigenvalue weighted by Gasteiger charge is 2.30. The Morgan fingerprint density at radius 2 is 1.92 bits per heavy atom. The van der Waals surface area contributed by atoms with Gasteiger partial charge in [0.2, 0.25) is 5.91 Å². The van der Waals surface area contributed by atoms with Crippen LogP contribution in [0.4, 0.5) is 0 Å². The van der Waals surface area contributed by atoms with E-state index in [4.69, 9.17) is 0 Å². The van der Waals surface area contributed by atoms with E-state index in [0.717, 1.165) is 23.5 Å². The average molecular weight is 323 g/mol. The lowest BCUT2D eigenvalue weighted by atomic mass is 9.98. The number of rotatable bonds is 6. The van der Waals surface area contributed by atoms with Gasteiger partial charge in [0.25, 0.3) is 0 Å². The van der Waals surface area contributed by atoms with E-state index in [-0.39, 0.29) is 0 Å². The predicted octanol–water partition coefficient (Wildman–Crippen LogP) is 2.94. The molecule has 1 heterocycles. The zero-order chi connectivity index (χ0) is 17.7. The first-order chi connectivity index (χ1) is 11.5. The van der Waals surface area contributed by atoms with Crippen LogP contribution in [0.2, 0.25) is 0 Å². The van der Waals surface area contributed by atoms with Gasteiger partial charge >= 0.3 is 0 Å². The van der Waals surface area contributed by atoms with Crippen molar-refractivity contribution in [1.82, 2.24) is 9.88 Å². The maximum atomic E-state index is 12.7. The van der Waals surface area contributed by atoms with E-state index in [1.165, 1.54) is 0 Å². The normalized spacial score (nSPS) is 11.6. The number of Topliss-reactive ketones (excluding diaryl/α,β-unsaturated/α-hetero) is 1. The third kappa shape index (κ3) is 3.38. The molecule has 0 aliphatic carbocycles. The molecule has 1 aromatic heterocycles. The summed E-state index contributed by atoms with van der Waals surface area (Å²) < 4.78 is 1.95. The molecular weight excluding hydrogens is 302 g/mol. The van der Waals surface area contributed by atoms with Crippen LogP contribution in [0.25, 0.3) is 5.69 Å². The second-order valence-electron chi connectivity index (χ2n) is 5.67. The SMILES string of the molecule is CCCNC(=O)C(C#N)C(=O)c1cc(C)n(-c2ccccc2)c1C. The van der Waals surface area contributed by atoms with Crippen LogP contribution < -0.4 is 5.32 Å². The highest BCUT2D eigenvalue weighted by molar-refractivity contribution is 6.12. The number of carbonyl (C=O) groups is 2. The molecule has 0 saturated heterocycles. The highest BCUT2D eigenvalue weighted by atomic mass is 16.2. The summed E-state index contributed by atoms with van der Waals surface area (Å²) in [6.07, 6.45) is 0.751. The fraction of sp³-hybridized carbons (Fsp3) is 0.316. The Bertz CT molecular complexity index is 785. The number of ketones is 1. The maximum Gasteiger partial charge on any atom is 0.245 e. The Balaban J connectivity index is 2.37. The van der Waals surface area contributed by atoms with Crippen molar-refractivity contribution in [3.05, 3.63) is 53.3 Å². The van der Waals surface area contributed by atoms with Crippen molar-refractivity contribution in [2.45, 2.75) is 27.2 Å². The van der Waals surface area contributed by atoms with Gasteiger partial charge in [0.1, 0.15) is 0 Å². The summed E-state index contributed by atoms with van der Waals surface area (Å²) in [6.45, 7) is 6.09. The molecule has 0 aliphatic rings. The van der Waals surface area contributed by atoms with Crippen LogP contribution in [0, 0.1) is 31.1 Å². The van der Waals surface area contributed by atoms with E-state index in [1.807, 2.05) is 61.7 Å². The summed E-state index contributed by atoms with van der Waals surface area (Å²) in [5.41, 5.74) is 2.96. The van der Waals surface area contributed by atoms with Crippen LogP contribution in [0.15, 0.2) is 36.4 Å². The van der Waals surface area contributed by atoms with Gasteiger partial charge in [-0.2, -0.15) is 5.26 Å². The number of hydrogen-bond donors (Lipinski definition) is 1. The smallest absolute Gasteiger partial charge is 0.245 e. The number of nitrogens with one attached hydrogen (secondary N) is 1. The van der Waals surface area contributed by atoms with Crippen LogP contribution in [0.3, 0.4) is 0 Å². The third-order valence-electron chi connectivity index (χ3n) is 3.91. The van der Waals surface area contributed by atoms with Crippen molar-refractivity contribution in [1.29, 1.82) is 5.26 Å². The van der Waals surface area contributed by atoms with Gasteiger partial charge in [-0.05, 0) is 38.5 Å². The lowest BCUT2D eigenvalue weighted by molar-refractivity contribution is -0.122. The Labute approximate surface area is 141 Å². The number of amides is 1. The molecular formula is C19H21N3O2. The second kappa shape index (κ2) is 7.60. The van der Waals surface area contributed by atoms with Gasteiger partial charge in [-0.25, -0.2) is 0 Å². The van der Waals surface area contributed by atoms with Crippen molar-refractivity contribution in [2.24, 2.45) is 5.92 Å². The molecule has 0 spiro atoms. The maximum absolute atomic E-state index is 12.7. The van der Waals surface area contributed by atoms with Crippen molar-refractivity contribution >= 4 is 11.7 Å². The fourth-order valence-electron chi connectivity index (χ4n) is 2.73. The van der Waals surface area contributed by atoms with Crippen LogP contribution in [0.1, 0.15) is 35.1 Å². The van der Waals surface area contributed by atoms with Crippen LogP contribution in [-0.2, 0) is 4.79 Å².